The van der Waals surface area contributed by atoms with Crippen molar-refractivity contribution in [2.24, 2.45) is 14.1 Å². The van der Waals surface area contributed by atoms with Gasteiger partial charge in [-0.15, -0.1) is 0 Å². The van der Waals surface area contributed by atoms with E-state index in [0.29, 0.717) is 49.8 Å². The summed E-state index contributed by atoms with van der Waals surface area (Å²) >= 11 is 0. The molecule has 0 aliphatic carbocycles. The maximum Gasteiger partial charge on any atom is 0.332 e. The molecule has 1 N–H and O–H groups in total. The molecule has 3 aromatic rings. The molecule has 1 amide bonds. The molecule has 2 aromatic heterocycles. The molecule has 5 rings (SSSR count). The first-order valence-corrected chi connectivity index (χ1v) is 11.6. The van der Waals surface area contributed by atoms with Gasteiger partial charge in [0.2, 0.25) is 11.9 Å². The number of aromatic nitrogens is 4. The molecule has 2 saturated heterocycles. The number of carbonyl (C=O) groups is 1. The summed E-state index contributed by atoms with van der Waals surface area (Å²) in [7, 11) is 3.06. The Hall–Kier alpha value is -3.60. The predicted molar refractivity (Wildman–Crippen MR) is 130 cm³/mol. The zero-order valence-corrected chi connectivity index (χ0v) is 19.6. The zero-order chi connectivity index (χ0) is 23.8. The van der Waals surface area contributed by atoms with Crippen molar-refractivity contribution in [3.05, 3.63) is 51.2 Å². The van der Waals surface area contributed by atoms with Gasteiger partial charge in [-0.25, -0.2) is 4.79 Å². The van der Waals surface area contributed by atoms with Gasteiger partial charge in [0.15, 0.2) is 11.2 Å². The number of piperazine rings is 2. The van der Waals surface area contributed by atoms with Gasteiger partial charge in [-0.05, 0) is 12.1 Å². The maximum atomic E-state index is 12.9. The number of para-hydroxylation sites is 1. The number of H-pyrrole nitrogens is 1. The monoisotopic (exact) mass is 466 g/mol. The molecule has 0 bridgehead atoms. The van der Waals surface area contributed by atoms with Crippen LogP contribution in [0.1, 0.15) is 0 Å². The van der Waals surface area contributed by atoms with Crippen LogP contribution in [0.25, 0.3) is 11.2 Å². The van der Waals surface area contributed by atoms with E-state index in [9.17, 15) is 14.4 Å². The number of aromatic amines is 1. The van der Waals surface area contributed by atoms with Crippen LogP contribution >= 0.6 is 0 Å². The van der Waals surface area contributed by atoms with Gasteiger partial charge < -0.3 is 19.7 Å². The minimum Gasteiger partial charge on any atom is -0.369 e. The number of nitrogens with one attached hydrogen (secondary N) is 1. The highest BCUT2D eigenvalue weighted by atomic mass is 16.2. The second-order valence-electron chi connectivity index (χ2n) is 8.93. The van der Waals surface area contributed by atoms with Crippen LogP contribution in [-0.2, 0) is 18.9 Å². The average molecular weight is 467 g/mol. The Morgan fingerprint density at radius 2 is 1.53 bits per heavy atom. The van der Waals surface area contributed by atoms with Crippen molar-refractivity contribution in [1.82, 2.24) is 28.9 Å². The van der Waals surface area contributed by atoms with Gasteiger partial charge in [0.1, 0.15) is 0 Å². The summed E-state index contributed by atoms with van der Waals surface area (Å²) in [5, 5.41) is 0. The van der Waals surface area contributed by atoms with Gasteiger partial charge in [0.05, 0.1) is 6.54 Å². The van der Waals surface area contributed by atoms with Gasteiger partial charge in [-0.3, -0.25) is 23.6 Å². The van der Waals surface area contributed by atoms with E-state index in [2.05, 4.69) is 44.0 Å². The van der Waals surface area contributed by atoms with Crippen LogP contribution in [-0.4, -0.2) is 93.7 Å². The van der Waals surface area contributed by atoms with E-state index >= 15 is 0 Å². The minimum absolute atomic E-state index is 0.147. The van der Waals surface area contributed by atoms with Crippen molar-refractivity contribution in [2.45, 2.75) is 0 Å². The van der Waals surface area contributed by atoms with E-state index in [1.165, 1.54) is 17.3 Å². The molecule has 2 aliphatic rings. The summed E-state index contributed by atoms with van der Waals surface area (Å²) in [6.45, 7) is 6.42. The lowest BCUT2D eigenvalue weighted by atomic mass is 10.2. The van der Waals surface area contributed by atoms with E-state index in [4.69, 9.17) is 0 Å². The summed E-state index contributed by atoms with van der Waals surface area (Å²) in [5.74, 6) is 0.700. The third-order valence-corrected chi connectivity index (χ3v) is 6.87. The van der Waals surface area contributed by atoms with Crippen LogP contribution in [0, 0.1) is 0 Å². The number of nitrogens with zero attached hydrogens (tertiary/aromatic N) is 7. The van der Waals surface area contributed by atoms with E-state index in [0.717, 1.165) is 30.7 Å². The summed E-state index contributed by atoms with van der Waals surface area (Å²) in [5.41, 5.74) is 1.09. The van der Waals surface area contributed by atoms with Crippen molar-refractivity contribution < 1.29 is 4.79 Å². The predicted octanol–water partition coefficient (Wildman–Crippen LogP) is -0.569. The smallest absolute Gasteiger partial charge is 0.332 e. The third-order valence-electron chi connectivity index (χ3n) is 6.87. The van der Waals surface area contributed by atoms with Gasteiger partial charge in [-0.1, -0.05) is 18.2 Å². The van der Waals surface area contributed by atoms with Gasteiger partial charge >= 0.3 is 5.69 Å². The zero-order valence-electron chi connectivity index (χ0n) is 19.6. The fourth-order valence-corrected chi connectivity index (χ4v) is 4.73. The number of anilines is 2. The number of benzene rings is 1. The molecule has 1 aromatic carbocycles. The molecule has 0 atom stereocenters. The quantitative estimate of drug-likeness (QED) is 0.549. The number of rotatable bonds is 4. The lowest BCUT2D eigenvalue weighted by molar-refractivity contribution is -0.132. The fraction of sp³-hybridized carbons (Fsp3) is 0.478. The fourth-order valence-electron chi connectivity index (χ4n) is 4.73. The average Bonchev–Trinajstić information content (AvgIpc) is 3.33. The van der Waals surface area contributed by atoms with Crippen LogP contribution in [0.5, 0.6) is 0 Å². The number of imidazole rings is 1. The molecular formula is C23H30N8O3. The Morgan fingerprint density at radius 3 is 2.21 bits per heavy atom. The summed E-state index contributed by atoms with van der Waals surface area (Å²) in [6, 6.07) is 10.4. The molecular weight excluding hydrogens is 436 g/mol. The van der Waals surface area contributed by atoms with Gasteiger partial charge in [0, 0.05) is 72.1 Å². The van der Waals surface area contributed by atoms with E-state index in [-0.39, 0.29) is 5.91 Å². The topological polar surface area (TPSA) is 103 Å². The molecule has 4 heterocycles. The lowest BCUT2D eigenvalue weighted by Crippen LogP contribution is -2.54. The largest absolute Gasteiger partial charge is 0.369 e. The Bertz CT molecular complexity index is 1300. The second kappa shape index (κ2) is 8.98. The SMILES string of the molecule is Cn1c(=O)c2[nH]c(N3CCN(C(=O)CN4CCN(c5ccccc5)CC4)CC3)nc2n(C)c1=O. The number of amides is 1. The second-order valence-corrected chi connectivity index (χ2v) is 8.93. The van der Waals surface area contributed by atoms with Crippen molar-refractivity contribution in [3.63, 3.8) is 0 Å². The normalized spacial score (nSPS) is 17.5. The molecule has 0 radical (unpaired) electrons. The summed E-state index contributed by atoms with van der Waals surface area (Å²) in [4.78, 5) is 53.6. The Balaban J connectivity index is 1.16. The van der Waals surface area contributed by atoms with E-state index < -0.39 is 11.2 Å². The van der Waals surface area contributed by atoms with Crippen molar-refractivity contribution in [3.8, 4) is 0 Å². The standard InChI is InChI=1S/C23H30N8O3/c1-26-20-19(21(33)27(2)23(26)34)24-22(25-20)31-14-12-30(13-15-31)18(32)16-28-8-10-29(11-9-28)17-6-4-3-5-7-17/h3-7H,8-16H2,1-2H3,(H,24,25). The number of aryl methyl sites for hydroxylation is 1. The highest BCUT2D eigenvalue weighted by Gasteiger charge is 2.26. The third kappa shape index (κ3) is 4.07. The number of hydrogen-bond acceptors (Lipinski definition) is 7. The molecule has 34 heavy (non-hydrogen) atoms. The highest BCUT2D eigenvalue weighted by Crippen LogP contribution is 2.17. The Labute approximate surface area is 196 Å². The highest BCUT2D eigenvalue weighted by molar-refractivity contribution is 5.79. The van der Waals surface area contributed by atoms with Crippen LogP contribution < -0.4 is 21.0 Å². The minimum atomic E-state index is -0.407. The van der Waals surface area contributed by atoms with Crippen LogP contribution in [0.15, 0.2) is 39.9 Å². The number of carbonyl (C=O) groups excluding carboxylic acids is 1. The molecule has 2 aliphatic heterocycles. The van der Waals surface area contributed by atoms with E-state index in [1.807, 2.05) is 15.9 Å². The molecule has 0 spiro atoms. The molecule has 11 nitrogen and oxygen atoms in total. The van der Waals surface area contributed by atoms with Crippen molar-refractivity contribution in [1.29, 1.82) is 0 Å². The van der Waals surface area contributed by atoms with Crippen LogP contribution in [0.4, 0.5) is 11.6 Å². The van der Waals surface area contributed by atoms with E-state index in [1.54, 1.807) is 7.05 Å². The van der Waals surface area contributed by atoms with Crippen LogP contribution in [0.3, 0.4) is 0 Å². The maximum absolute atomic E-state index is 12.9. The first-order chi connectivity index (χ1) is 16.4. The number of hydrogen-bond donors (Lipinski definition) is 1. The van der Waals surface area contributed by atoms with Gasteiger partial charge in [0.25, 0.3) is 5.56 Å². The van der Waals surface area contributed by atoms with Gasteiger partial charge in [-0.2, -0.15) is 4.98 Å². The van der Waals surface area contributed by atoms with Crippen molar-refractivity contribution >= 4 is 28.7 Å². The van der Waals surface area contributed by atoms with Crippen LogP contribution in [0.2, 0.25) is 0 Å². The number of fused-ring (bicyclic) bond motifs is 1. The van der Waals surface area contributed by atoms with Crippen molar-refractivity contribution in [2.75, 3.05) is 68.7 Å². The summed E-state index contributed by atoms with van der Waals surface area (Å²) < 4.78 is 2.44. The molecule has 180 valence electrons. The Morgan fingerprint density at radius 1 is 0.882 bits per heavy atom. The lowest BCUT2D eigenvalue weighted by Gasteiger charge is -2.38. The molecule has 2 fully saturated rings. The first kappa shape index (κ1) is 22.2. The molecule has 0 unspecified atom stereocenters. The molecule has 11 heteroatoms. The molecule has 0 saturated carbocycles. The first-order valence-electron chi connectivity index (χ1n) is 11.6. The summed E-state index contributed by atoms with van der Waals surface area (Å²) in [6.07, 6.45) is 0. The Kier molecular flexibility index (Phi) is 5.86.